The Balaban J connectivity index is 1.32. The largest absolute Gasteiger partial charge is 0.352 e. The van der Waals surface area contributed by atoms with Crippen molar-refractivity contribution in [2.45, 2.75) is 38.8 Å². The number of rotatable bonds is 5. The Morgan fingerprint density at radius 1 is 1.12 bits per heavy atom. The number of carbonyl (C=O) groups is 1. The van der Waals surface area contributed by atoms with Crippen LogP contribution in [0.2, 0.25) is 0 Å². The molecule has 1 heterocycles. The Bertz CT molecular complexity index is 881. The summed E-state index contributed by atoms with van der Waals surface area (Å²) in [7, 11) is 0. The van der Waals surface area contributed by atoms with E-state index in [-0.39, 0.29) is 5.91 Å². The molecule has 0 spiro atoms. The molecule has 1 N–H and O–H groups in total. The van der Waals surface area contributed by atoms with Crippen molar-refractivity contribution in [1.82, 2.24) is 14.9 Å². The maximum atomic E-state index is 12.1. The summed E-state index contributed by atoms with van der Waals surface area (Å²) in [4.78, 5) is 16.5. The lowest BCUT2D eigenvalue weighted by Gasteiger charge is -2.08. The van der Waals surface area contributed by atoms with Gasteiger partial charge in [-0.1, -0.05) is 30.3 Å². The van der Waals surface area contributed by atoms with E-state index in [2.05, 4.69) is 28.5 Å². The van der Waals surface area contributed by atoms with Crippen LogP contribution < -0.4 is 5.32 Å². The lowest BCUT2D eigenvalue weighted by molar-refractivity contribution is -0.121. The number of nitrogens with one attached hydrogen (secondary N) is 1. The molecular weight excluding hydrogens is 298 g/mol. The van der Waals surface area contributed by atoms with E-state index in [1.165, 1.54) is 36.0 Å². The molecule has 0 saturated carbocycles. The molecule has 122 valence electrons. The van der Waals surface area contributed by atoms with Crippen LogP contribution in [0.25, 0.3) is 11.0 Å². The molecule has 0 saturated heterocycles. The van der Waals surface area contributed by atoms with Crippen LogP contribution in [0.1, 0.15) is 29.5 Å². The van der Waals surface area contributed by atoms with Crippen LogP contribution in [-0.4, -0.2) is 15.5 Å². The lowest BCUT2D eigenvalue weighted by atomic mass is 10.1. The zero-order valence-corrected chi connectivity index (χ0v) is 13.7. The van der Waals surface area contributed by atoms with Gasteiger partial charge in [0.25, 0.3) is 0 Å². The maximum absolute atomic E-state index is 12.1. The van der Waals surface area contributed by atoms with E-state index in [0.29, 0.717) is 19.5 Å². The molecule has 4 nitrogen and oxygen atoms in total. The Hall–Kier alpha value is -2.62. The zero-order chi connectivity index (χ0) is 16.4. The third-order valence-electron chi connectivity index (χ3n) is 4.76. The van der Waals surface area contributed by atoms with Gasteiger partial charge < -0.3 is 9.88 Å². The predicted molar refractivity (Wildman–Crippen MR) is 94.7 cm³/mol. The van der Waals surface area contributed by atoms with Crippen molar-refractivity contribution < 1.29 is 4.79 Å². The third-order valence-corrected chi connectivity index (χ3v) is 4.76. The van der Waals surface area contributed by atoms with Gasteiger partial charge in [0.2, 0.25) is 5.91 Å². The van der Waals surface area contributed by atoms with E-state index in [1.807, 2.05) is 28.8 Å². The number of aryl methyl sites for hydroxylation is 3. The number of carbonyl (C=O) groups excluding carboxylic acids is 1. The first kappa shape index (κ1) is 14.9. The Morgan fingerprint density at radius 2 is 2.00 bits per heavy atom. The van der Waals surface area contributed by atoms with Crippen LogP contribution in [0.5, 0.6) is 0 Å². The number of imidazole rings is 1. The zero-order valence-electron chi connectivity index (χ0n) is 13.7. The molecule has 1 aliphatic carbocycles. The van der Waals surface area contributed by atoms with Crippen molar-refractivity contribution in [2.24, 2.45) is 0 Å². The van der Waals surface area contributed by atoms with Crippen molar-refractivity contribution in [1.29, 1.82) is 0 Å². The molecule has 0 radical (unpaired) electrons. The van der Waals surface area contributed by atoms with Gasteiger partial charge in [-0.15, -0.1) is 0 Å². The minimum absolute atomic E-state index is 0.0771. The van der Waals surface area contributed by atoms with Crippen LogP contribution in [-0.2, 0) is 30.7 Å². The van der Waals surface area contributed by atoms with E-state index in [4.69, 9.17) is 0 Å². The minimum atomic E-state index is 0.0771. The molecule has 1 aliphatic rings. The molecular formula is C20H21N3O. The van der Waals surface area contributed by atoms with Gasteiger partial charge in [-0.2, -0.15) is 0 Å². The molecule has 24 heavy (non-hydrogen) atoms. The lowest BCUT2D eigenvalue weighted by Crippen LogP contribution is -2.23. The number of aromatic nitrogens is 2. The number of nitrogens with zero attached hydrogens (tertiary/aromatic N) is 2. The first-order valence-electron chi connectivity index (χ1n) is 8.57. The molecule has 0 atom stereocenters. The quantitative estimate of drug-likeness (QED) is 0.785. The van der Waals surface area contributed by atoms with Gasteiger partial charge >= 0.3 is 0 Å². The highest BCUT2D eigenvalue weighted by molar-refractivity contribution is 5.77. The van der Waals surface area contributed by atoms with Gasteiger partial charge in [0.15, 0.2) is 0 Å². The van der Waals surface area contributed by atoms with Crippen LogP contribution in [0, 0.1) is 0 Å². The van der Waals surface area contributed by atoms with Gasteiger partial charge in [-0.3, -0.25) is 4.79 Å². The van der Waals surface area contributed by atoms with E-state index < -0.39 is 0 Å². The second-order valence-corrected chi connectivity index (χ2v) is 6.41. The minimum Gasteiger partial charge on any atom is -0.352 e. The molecule has 0 bridgehead atoms. The Kier molecular flexibility index (Phi) is 4.03. The highest BCUT2D eigenvalue weighted by atomic mass is 16.1. The van der Waals surface area contributed by atoms with Crippen LogP contribution >= 0.6 is 0 Å². The molecule has 2 aromatic carbocycles. The van der Waals surface area contributed by atoms with Gasteiger partial charge in [0.05, 0.1) is 17.4 Å². The van der Waals surface area contributed by atoms with Crippen LogP contribution in [0.4, 0.5) is 0 Å². The van der Waals surface area contributed by atoms with Crippen molar-refractivity contribution in [2.75, 3.05) is 0 Å². The molecule has 4 rings (SSSR count). The number of hydrogen-bond donors (Lipinski definition) is 1. The first-order valence-corrected chi connectivity index (χ1v) is 8.57. The molecule has 1 aromatic heterocycles. The van der Waals surface area contributed by atoms with Gasteiger partial charge in [-0.05, 0) is 48.1 Å². The van der Waals surface area contributed by atoms with Crippen LogP contribution in [0.15, 0.2) is 48.8 Å². The summed E-state index contributed by atoms with van der Waals surface area (Å²) in [6, 6.07) is 14.6. The van der Waals surface area contributed by atoms with E-state index >= 15 is 0 Å². The van der Waals surface area contributed by atoms with Crippen LogP contribution in [0.3, 0.4) is 0 Å². The SMILES string of the molecule is O=C(CCn1cnc2ccccc21)NCc1ccc2c(c1)CCC2. The van der Waals surface area contributed by atoms with Gasteiger partial charge in [0, 0.05) is 19.5 Å². The molecule has 1 amide bonds. The molecule has 0 aliphatic heterocycles. The average molecular weight is 319 g/mol. The first-order chi connectivity index (χ1) is 11.8. The van der Waals surface area contributed by atoms with Crippen molar-refractivity contribution in [3.63, 3.8) is 0 Å². The summed E-state index contributed by atoms with van der Waals surface area (Å²) in [6.45, 7) is 1.26. The van der Waals surface area contributed by atoms with E-state index in [9.17, 15) is 4.79 Å². The summed E-state index contributed by atoms with van der Waals surface area (Å²) in [5.41, 5.74) is 6.15. The highest BCUT2D eigenvalue weighted by Crippen LogP contribution is 2.22. The van der Waals surface area contributed by atoms with Gasteiger partial charge in [0.1, 0.15) is 0 Å². The third kappa shape index (κ3) is 3.04. The second kappa shape index (κ2) is 6.48. The molecule has 0 unspecified atom stereocenters. The van der Waals surface area contributed by atoms with Gasteiger partial charge in [-0.25, -0.2) is 4.98 Å². The van der Waals surface area contributed by atoms with Crippen molar-refractivity contribution >= 4 is 16.9 Å². The number of benzene rings is 2. The molecule has 0 fully saturated rings. The van der Waals surface area contributed by atoms with Crippen molar-refractivity contribution in [3.05, 3.63) is 65.5 Å². The summed E-state index contributed by atoms with van der Waals surface area (Å²) in [5.74, 6) is 0.0771. The number of fused-ring (bicyclic) bond motifs is 2. The standard InChI is InChI=1S/C20H21N3O/c24-20(10-11-23-14-22-18-6-1-2-7-19(18)23)21-13-15-8-9-16-4-3-5-17(16)12-15/h1-2,6-9,12,14H,3-5,10-11,13H2,(H,21,24). The predicted octanol–water partition coefficient (Wildman–Crippen LogP) is 3.23. The van der Waals surface area contributed by atoms with E-state index in [1.54, 1.807) is 6.33 Å². The number of hydrogen-bond acceptors (Lipinski definition) is 2. The topological polar surface area (TPSA) is 46.9 Å². The monoisotopic (exact) mass is 319 g/mol. The summed E-state index contributed by atoms with van der Waals surface area (Å²) < 4.78 is 2.03. The Labute approximate surface area is 141 Å². The fraction of sp³-hybridized carbons (Fsp3) is 0.300. The number of amides is 1. The molecule has 3 aromatic rings. The average Bonchev–Trinajstić information content (AvgIpc) is 3.24. The highest BCUT2D eigenvalue weighted by Gasteiger charge is 2.11. The van der Waals surface area contributed by atoms with E-state index in [0.717, 1.165) is 11.0 Å². The summed E-state index contributed by atoms with van der Waals surface area (Å²) in [5, 5.41) is 3.03. The summed E-state index contributed by atoms with van der Waals surface area (Å²) in [6.07, 6.45) is 5.89. The smallest absolute Gasteiger partial charge is 0.222 e. The number of para-hydroxylation sites is 2. The molecule has 4 heteroatoms. The summed E-state index contributed by atoms with van der Waals surface area (Å²) >= 11 is 0. The maximum Gasteiger partial charge on any atom is 0.222 e. The normalized spacial score (nSPS) is 13.2. The fourth-order valence-electron chi connectivity index (χ4n) is 3.43. The fourth-order valence-corrected chi connectivity index (χ4v) is 3.43. The Morgan fingerprint density at radius 3 is 2.96 bits per heavy atom. The second-order valence-electron chi connectivity index (χ2n) is 6.41. The van der Waals surface area contributed by atoms with Crippen molar-refractivity contribution in [3.8, 4) is 0 Å².